The van der Waals surface area contributed by atoms with Crippen molar-refractivity contribution in [1.82, 2.24) is 58.7 Å². The second kappa shape index (κ2) is 30.0. The minimum absolute atomic E-state index is 0.0213. The zero-order valence-electron chi connectivity index (χ0n) is 61.8. The molecule has 12 aliphatic rings. The Bertz CT molecular complexity index is 3250. The van der Waals surface area contributed by atoms with Crippen LogP contribution >= 0.6 is 0 Å². The number of aromatic nitrogens is 8. The maximum Gasteiger partial charge on any atom is 0.233 e. The van der Waals surface area contributed by atoms with E-state index in [2.05, 4.69) is 162 Å². The Morgan fingerprint density at radius 1 is 0.402 bits per heavy atom. The summed E-state index contributed by atoms with van der Waals surface area (Å²) < 4.78 is 30.8. The van der Waals surface area contributed by atoms with Gasteiger partial charge >= 0.3 is 0 Å². The molecule has 4 bridgehead atoms. The standard InChI is InChI=1S/C21H33N3O2.C20H31N3O2.C19H31N3O2.C17H27N3O2/c1-16(2)11-17-12-22-24(13-17)19(3)5-8-23(9-6-19)18(25)21-7-10-26-20(4,14-21)15-21;1-15(2)10-16-11-21-23(12-16)17-4-7-22(8-5-17)18(24)20-6-9-25-19(3,13-20)14-20;1-15(2)12-16-13-20-22(14-16)17-4-8-21(9-5-17)18(23)19(3)6-10-24-11-7-19;1-13(2)8-14-9-18-20(10-14)15-4-6-19(7-5-15)16(21)17(3)11-22-12-17/h12-13,16H,5-11,14-15H2,1-4H3;11-12,15,17H,4-10,13-14H2,1-3H3;13-15,17H,4-12H2,1-3H3;9-10,13,15H,4-8,11-12H2,1-3H3. The smallest absolute Gasteiger partial charge is 0.233 e. The van der Waals surface area contributed by atoms with Gasteiger partial charge in [-0.1, -0.05) is 62.3 Å². The van der Waals surface area contributed by atoms with Crippen LogP contribution in [0.25, 0.3) is 0 Å². The quantitative estimate of drug-likeness (QED) is 0.103. The minimum Gasteiger partial charge on any atom is -0.381 e. The number of likely N-dealkylation sites (tertiary alicyclic amines) is 4. The third kappa shape index (κ3) is 17.0. The summed E-state index contributed by atoms with van der Waals surface area (Å²) in [5.74, 6) is 3.96. The van der Waals surface area contributed by atoms with Gasteiger partial charge in [0.2, 0.25) is 23.6 Å². The van der Waals surface area contributed by atoms with Crippen LogP contribution in [0.1, 0.15) is 233 Å². The maximum absolute atomic E-state index is 13.2. The van der Waals surface area contributed by atoms with E-state index in [-0.39, 0.29) is 44.3 Å². The highest BCUT2D eigenvalue weighted by Gasteiger charge is 2.62. The molecule has 2 saturated carbocycles. The lowest BCUT2D eigenvalue weighted by Gasteiger charge is -2.59. The highest BCUT2D eigenvalue weighted by Crippen LogP contribution is 2.59. The zero-order valence-corrected chi connectivity index (χ0v) is 61.8. The monoisotopic (exact) mass is 1340 g/mol. The van der Waals surface area contributed by atoms with Crippen LogP contribution in [0.3, 0.4) is 0 Å². The molecule has 4 amide bonds. The zero-order chi connectivity index (χ0) is 69.1. The second-order valence-electron chi connectivity index (χ2n) is 34.6. The lowest BCUT2D eigenvalue weighted by atomic mass is 9.55. The van der Waals surface area contributed by atoms with Crippen molar-refractivity contribution in [2.45, 2.75) is 253 Å². The van der Waals surface area contributed by atoms with Crippen molar-refractivity contribution in [2.75, 3.05) is 92.0 Å². The lowest BCUT2D eigenvalue weighted by Crippen LogP contribution is -2.64. The number of hydrogen-bond acceptors (Lipinski definition) is 12. The van der Waals surface area contributed by atoms with Crippen LogP contribution in [0.15, 0.2) is 49.6 Å². The third-order valence-corrected chi connectivity index (χ3v) is 23.5. The molecule has 4 aromatic rings. The van der Waals surface area contributed by atoms with E-state index in [1.165, 1.54) is 22.3 Å². The topological polar surface area (TPSA) is 189 Å². The van der Waals surface area contributed by atoms with E-state index in [0.717, 1.165) is 194 Å². The third-order valence-electron chi connectivity index (χ3n) is 23.5. The van der Waals surface area contributed by atoms with Crippen LogP contribution in [-0.4, -0.2) is 186 Å². The Labute approximate surface area is 580 Å². The summed E-state index contributed by atoms with van der Waals surface area (Å²) in [7, 11) is 0. The van der Waals surface area contributed by atoms with Crippen LogP contribution in [0, 0.1) is 45.3 Å². The Hall–Kier alpha value is -5.44. The SMILES string of the molecule is CC(C)Cc1cnn(C2(C)CCN(C(=O)C34CCOC(C)(C3)C4)CC2)c1.CC(C)Cc1cnn(C2CCN(C(=O)C3(C)CCOCC3)CC2)c1.CC(C)Cc1cnn(C2CCN(C(=O)C3(C)COC3)CC2)c1.CC(C)Cc1cnn(C2CCN(C(=O)C34CCOC(C)(C3)C4)CC2)c1. The molecule has 0 aromatic carbocycles. The van der Waals surface area contributed by atoms with E-state index in [9.17, 15) is 19.2 Å². The van der Waals surface area contributed by atoms with E-state index in [1.807, 2.05) is 36.6 Å². The molecular formula is C77H122N12O8. The summed E-state index contributed by atoms with van der Waals surface area (Å²) >= 11 is 0. The first-order chi connectivity index (χ1) is 46.1. The molecule has 12 fully saturated rings. The number of amides is 4. The molecule has 97 heavy (non-hydrogen) atoms. The summed E-state index contributed by atoms with van der Waals surface area (Å²) in [5, 5.41) is 18.3. The summed E-state index contributed by atoms with van der Waals surface area (Å²) in [6.07, 6.45) is 36.2. The van der Waals surface area contributed by atoms with Gasteiger partial charge in [0.05, 0.1) is 94.5 Å². The minimum atomic E-state index is -0.275. The molecule has 0 unspecified atom stereocenters. The van der Waals surface area contributed by atoms with Crippen molar-refractivity contribution >= 4 is 23.6 Å². The average molecular weight is 1340 g/mol. The van der Waals surface area contributed by atoms with Gasteiger partial charge in [0.25, 0.3) is 0 Å². The van der Waals surface area contributed by atoms with Crippen molar-refractivity contribution in [3.8, 4) is 0 Å². The number of fused-ring (bicyclic) bond motifs is 4. The summed E-state index contributed by atoms with van der Waals surface area (Å²) in [6.45, 7) is 39.4. The molecule has 20 nitrogen and oxygen atoms in total. The summed E-state index contributed by atoms with van der Waals surface area (Å²) in [5.41, 5.74) is 4.47. The molecule has 0 atom stereocenters. The normalized spacial score (nSPS) is 27.8. The molecule has 14 heterocycles. The van der Waals surface area contributed by atoms with Crippen molar-refractivity contribution < 1.29 is 38.1 Å². The van der Waals surface area contributed by atoms with Crippen LogP contribution in [0.2, 0.25) is 0 Å². The molecule has 538 valence electrons. The molecule has 10 aliphatic heterocycles. The van der Waals surface area contributed by atoms with Gasteiger partial charge in [0.15, 0.2) is 0 Å². The summed E-state index contributed by atoms with van der Waals surface area (Å²) in [6, 6.07) is 1.29. The number of carbonyl (C=O) groups is 4. The molecule has 4 aromatic heterocycles. The van der Waals surface area contributed by atoms with Crippen LogP contribution < -0.4 is 0 Å². The molecule has 20 heteroatoms. The fourth-order valence-electron chi connectivity index (χ4n) is 17.9. The summed E-state index contributed by atoms with van der Waals surface area (Å²) in [4.78, 5) is 59.9. The Morgan fingerprint density at radius 2 is 0.732 bits per heavy atom. The highest BCUT2D eigenvalue weighted by molar-refractivity contribution is 5.86. The number of carbonyl (C=O) groups excluding carboxylic acids is 4. The van der Waals surface area contributed by atoms with E-state index >= 15 is 0 Å². The van der Waals surface area contributed by atoms with Gasteiger partial charge in [-0.05, 0) is 202 Å². The van der Waals surface area contributed by atoms with Gasteiger partial charge in [0.1, 0.15) is 0 Å². The fraction of sp³-hybridized carbons (Fsp3) is 0.792. The maximum atomic E-state index is 13.2. The number of piperidine rings is 4. The number of nitrogens with zero attached hydrogens (tertiary/aromatic N) is 12. The Morgan fingerprint density at radius 3 is 1.07 bits per heavy atom. The van der Waals surface area contributed by atoms with E-state index in [4.69, 9.17) is 18.9 Å². The lowest BCUT2D eigenvalue weighted by molar-refractivity contribution is -0.221. The molecule has 0 spiro atoms. The molecule has 10 saturated heterocycles. The van der Waals surface area contributed by atoms with Gasteiger partial charge in [-0.25, -0.2) is 0 Å². The molecular weight excluding hydrogens is 1220 g/mol. The van der Waals surface area contributed by atoms with Crippen molar-refractivity contribution in [1.29, 1.82) is 0 Å². The largest absolute Gasteiger partial charge is 0.381 e. The fourth-order valence-corrected chi connectivity index (χ4v) is 17.9. The number of rotatable bonds is 16. The number of ether oxygens (including phenoxy) is 4. The molecule has 0 radical (unpaired) electrons. The molecule has 0 N–H and O–H groups in total. The van der Waals surface area contributed by atoms with Crippen molar-refractivity contribution in [3.63, 3.8) is 0 Å². The molecule has 2 aliphatic carbocycles. The van der Waals surface area contributed by atoms with Crippen LogP contribution in [0.4, 0.5) is 0 Å². The number of hydrogen-bond donors (Lipinski definition) is 0. The Kier molecular flexibility index (Phi) is 22.5. The van der Waals surface area contributed by atoms with Gasteiger partial charge in [0, 0.05) is 104 Å². The van der Waals surface area contributed by atoms with E-state index in [0.29, 0.717) is 85.9 Å². The first kappa shape index (κ1) is 72.8. The second-order valence-corrected chi connectivity index (χ2v) is 34.6. The van der Waals surface area contributed by atoms with E-state index in [1.54, 1.807) is 0 Å². The first-order valence-electron chi connectivity index (χ1n) is 37.8. The van der Waals surface area contributed by atoms with Crippen molar-refractivity contribution in [2.24, 2.45) is 45.3 Å². The molecule has 16 rings (SSSR count). The van der Waals surface area contributed by atoms with Gasteiger partial charge < -0.3 is 38.5 Å². The van der Waals surface area contributed by atoms with Crippen molar-refractivity contribution in [3.05, 3.63) is 71.8 Å². The van der Waals surface area contributed by atoms with Gasteiger partial charge in [-0.2, -0.15) is 20.4 Å². The van der Waals surface area contributed by atoms with E-state index < -0.39 is 0 Å². The predicted molar refractivity (Wildman–Crippen MR) is 375 cm³/mol. The van der Waals surface area contributed by atoms with Crippen LogP contribution in [-0.2, 0) is 69.3 Å². The van der Waals surface area contributed by atoms with Gasteiger partial charge in [-0.3, -0.25) is 37.9 Å². The predicted octanol–water partition coefficient (Wildman–Crippen LogP) is 11.9. The first-order valence-corrected chi connectivity index (χ1v) is 37.8. The highest BCUT2D eigenvalue weighted by atomic mass is 16.5. The Balaban J connectivity index is 0.000000131. The average Bonchev–Trinajstić information content (AvgIpc) is 1.27. The van der Waals surface area contributed by atoms with Crippen LogP contribution in [0.5, 0.6) is 0 Å². The van der Waals surface area contributed by atoms with Gasteiger partial charge in [-0.15, -0.1) is 0 Å².